The lowest BCUT2D eigenvalue weighted by atomic mass is 10.1. The van der Waals surface area contributed by atoms with Gasteiger partial charge >= 0.3 is 0 Å². The molecule has 1 aliphatic rings. The Morgan fingerprint density at radius 2 is 2.04 bits per heavy atom. The van der Waals surface area contributed by atoms with Gasteiger partial charge in [-0.1, -0.05) is 36.4 Å². The standard InChI is InChI=1S/C20H24N2O4/c1-20(25,13-26-2)12-21-19(24)15-10-18(23)22(11-15)17-9-5-7-14-6-3-4-8-16(14)17/h3-9,15,25H,10-13H2,1-2H3,(H,21,24)/t15-,20+/m0/s1. The van der Waals surface area contributed by atoms with E-state index in [0.717, 1.165) is 16.5 Å². The molecule has 2 atom stereocenters. The minimum absolute atomic E-state index is 0.0647. The molecule has 1 heterocycles. The second kappa shape index (κ2) is 7.43. The zero-order chi connectivity index (χ0) is 18.7. The van der Waals surface area contributed by atoms with Crippen molar-refractivity contribution in [3.63, 3.8) is 0 Å². The van der Waals surface area contributed by atoms with Crippen molar-refractivity contribution in [3.05, 3.63) is 42.5 Å². The predicted octanol–water partition coefficient (Wildman–Crippen LogP) is 1.71. The molecule has 26 heavy (non-hydrogen) atoms. The van der Waals surface area contributed by atoms with E-state index in [4.69, 9.17) is 4.74 Å². The maximum absolute atomic E-state index is 12.5. The second-order valence-corrected chi connectivity index (χ2v) is 7.05. The van der Waals surface area contributed by atoms with E-state index in [9.17, 15) is 14.7 Å². The van der Waals surface area contributed by atoms with E-state index in [1.807, 2.05) is 42.5 Å². The van der Waals surface area contributed by atoms with Crippen molar-refractivity contribution in [2.75, 3.05) is 31.7 Å². The molecule has 1 aliphatic heterocycles. The molecule has 2 aromatic carbocycles. The van der Waals surface area contributed by atoms with Crippen molar-refractivity contribution in [3.8, 4) is 0 Å². The van der Waals surface area contributed by atoms with Crippen molar-refractivity contribution in [2.45, 2.75) is 18.9 Å². The number of aliphatic hydroxyl groups is 1. The number of carbonyl (C=O) groups excluding carboxylic acids is 2. The number of rotatable bonds is 6. The Morgan fingerprint density at radius 1 is 1.31 bits per heavy atom. The first kappa shape index (κ1) is 18.4. The fraction of sp³-hybridized carbons (Fsp3) is 0.400. The summed E-state index contributed by atoms with van der Waals surface area (Å²) in [6, 6.07) is 13.7. The number of ether oxygens (including phenoxy) is 1. The molecule has 1 fully saturated rings. The highest BCUT2D eigenvalue weighted by atomic mass is 16.5. The highest BCUT2D eigenvalue weighted by Gasteiger charge is 2.36. The van der Waals surface area contributed by atoms with E-state index in [-0.39, 0.29) is 31.4 Å². The molecular formula is C20H24N2O4. The van der Waals surface area contributed by atoms with Crippen LogP contribution in [0.15, 0.2) is 42.5 Å². The van der Waals surface area contributed by atoms with Gasteiger partial charge in [-0.15, -0.1) is 0 Å². The van der Waals surface area contributed by atoms with E-state index in [0.29, 0.717) is 6.54 Å². The SMILES string of the molecule is COC[C@](C)(O)CNC(=O)[C@H]1CC(=O)N(c2cccc3ccccc23)C1. The first-order valence-corrected chi connectivity index (χ1v) is 8.68. The third-order valence-electron chi connectivity index (χ3n) is 4.65. The zero-order valence-corrected chi connectivity index (χ0v) is 15.1. The van der Waals surface area contributed by atoms with Crippen LogP contribution in [0.25, 0.3) is 10.8 Å². The molecule has 0 aliphatic carbocycles. The Bertz CT molecular complexity index is 813. The molecule has 6 heteroatoms. The van der Waals surface area contributed by atoms with Crippen LogP contribution in [0.4, 0.5) is 5.69 Å². The monoisotopic (exact) mass is 356 g/mol. The summed E-state index contributed by atoms with van der Waals surface area (Å²) in [5.41, 5.74) is -0.308. The number of benzene rings is 2. The second-order valence-electron chi connectivity index (χ2n) is 7.05. The largest absolute Gasteiger partial charge is 0.386 e. The van der Waals surface area contributed by atoms with Gasteiger partial charge in [-0.25, -0.2) is 0 Å². The summed E-state index contributed by atoms with van der Waals surface area (Å²) in [7, 11) is 1.49. The van der Waals surface area contributed by atoms with Crippen LogP contribution in [0.3, 0.4) is 0 Å². The molecule has 0 spiro atoms. The number of amides is 2. The van der Waals surface area contributed by atoms with Gasteiger partial charge < -0.3 is 20.1 Å². The molecule has 138 valence electrons. The van der Waals surface area contributed by atoms with Crippen LogP contribution >= 0.6 is 0 Å². The van der Waals surface area contributed by atoms with Crippen molar-refractivity contribution < 1.29 is 19.4 Å². The third kappa shape index (κ3) is 3.86. The van der Waals surface area contributed by atoms with Crippen LogP contribution in [-0.2, 0) is 14.3 Å². The van der Waals surface area contributed by atoms with Gasteiger partial charge in [-0.3, -0.25) is 9.59 Å². The normalized spacial score (nSPS) is 19.6. The average molecular weight is 356 g/mol. The minimum Gasteiger partial charge on any atom is -0.386 e. The van der Waals surface area contributed by atoms with Gasteiger partial charge in [-0.2, -0.15) is 0 Å². The van der Waals surface area contributed by atoms with Crippen LogP contribution in [0.5, 0.6) is 0 Å². The van der Waals surface area contributed by atoms with E-state index in [1.54, 1.807) is 11.8 Å². The first-order chi connectivity index (χ1) is 12.4. The van der Waals surface area contributed by atoms with Gasteiger partial charge in [0.1, 0.15) is 5.60 Å². The van der Waals surface area contributed by atoms with Crippen molar-refractivity contribution in [1.29, 1.82) is 0 Å². The van der Waals surface area contributed by atoms with Gasteiger partial charge in [0.05, 0.1) is 18.2 Å². The number of fused-ring (bicyclic) bond motifs is 1. The zero-order valence-electron chi connectivity index (χ0n) is 15.1. The van der Waals surface area contributed by atoms with Crippen molar-refractivity contribution >= 4 is 28.3 Å². The fourth-order valence-corrected chi connectivity index (χ4v) is 3.34. The molecule has 1 saturated heterocycles. The maximum Gasteiger partial charge on any atom is 0.227 e. The number of anilines is 1. The Kier molecular flexibility index (Phi) is 5.25. The van der Waals surface area contributed by atoms with Gasteiger partial charge in [0.25, 0.3) is 0 Å². The fourth-order valence-electron chi connectivity index (χ4n) is 3.34. The number of hydrogen-bond acceptors (Lipinski definition) is 4. The number of nitrogens with zero attached hydrogens (tertiary/aromatic N) is 1. The Labute approximate surface area is 152 Å². The molecule has 0 unspecified atom stereocenters. The van der Waals surface area contributed by atoms with Crippen molar-refractivity contribution in [2.24, 2.45) is 5.92 Å². The van der Waals surface area contributed by atoms with Gasteiger partial charge in [0, 0.05) is 32.0 Å². The van der Waals surface area contributed by atoms with Crippen molar-refractivity contribution in [1.82, 2.24) is 5.32 Å². The van der Waals surface area contributed by atoms with Gasteiger partial charge in [0.2, 0.25) is 11.8 Å². The smallest absolute Gasteiger partial charge is 0.227 e. The number of carbonyl (C=O) groups is 2. The van der Waals surface area contributed by atoms with E-state index >= 15 is 0 Å². The summed E-state index contributed by atoms with van der Waals surface area (Å²) in [5.74, 6) is -0.720. The molecule has 6 nitrogen and oxygen atoms in total. The Hall–Kier alpha value is -2.44. The van der Waals surface area contributed by atoms with E-state index in [1.165, 1.54) is 7.11 Å². The lowest BCUT2D eigenvalue weighted by Gasteiger charge is -2.23. The Balaban J connectivity index is 1.71. The summed E-state index contributed by atoms with van der Waals surface area (Å²) < 4.78 is 4.93. The number of nitrogens with one attached hydrogen (secondary N) is 1. The molecule has 3 rings (SSSR count). The predicted molar refractivity (Wildman–Crippen MR) is 99.9 cm³/mol. The van der Waals surface area contributed by atoms with Crippen LogP contribution in [0.2, 0.25) is 0 Å². The molecular weight excluding hydrogens is 332 g/mol. The van der Waals surface area contributed by atoms with Crippen LogP contribution < -0.4 is 10.2 Å². The quantitative estimate of drug-likeness (QED) is 0.826. The highest BCUT2D eigenvalue weighted by molar-refractivity contribution is 6.06. The minimum atomic E-state index is -1.14. The summed E-state index contributed by atoms with van der Waals surface area (Å²) in [5, 5.41) is 14.9. The van der Waals surface area contributed by atoms with Crippen LogP contribution in [0, 0.1) is 5.92 Å². The Morgan fingerprint density at radius 3 is 2.81 bits per heavy atom. The average Bonchev–Trinajstić information content (AvgIpc) is 3.01. The lowest BCUT2D eigenvalue weighted by molar-refractivity contribution is -0.127. The molecule has 2 N–H and O–H groups in total. The number of methoxy groups -OCH3 is 1. The van der Waals surface area contributed by atoms with E-state index in [2.05, 4.69) is 5.32 Å². The molecule has 2 aromatic rings. The lowest BCUT2D eigenvalue weighted by Crippen LogP contribution is -2.45. The molecule has 0 radical (unpaired) electrons. The molecule has 2 amide bonds. The molecule has 0 bridgehead atoms. The summed E-state index contributed by atoms with van der Waals surface area (Å²) in [4.78, 5) is 26.6. The molecule has 0 saturated carbocycles. The summed E-state index contributed by atoms with van der Waals surface area (Å²) >= 11 is 0. The van der Waals surface area contributed by atoms with Crippen LogP contribution in [-0.4, -0.2) is 49.3 Å². The third-order valence-corrected chi connectivity index (χ3v) is 4.65. The van der Waals surface area contributed by atoms with Gasteiger partial charge in [0.15, 0.2) is 0 Å². The van der Waals surface area contributed by atoms with Crippen LogP contribution in [0.1, 0.15) is 13.3 Å². The first-order valence-electron chi connectivity index (χ1n) is 8.68. The summed E-state index contributed by atoms with van der Waals surface area (Å²) in [6.45, 7) is 2.14. The molecule has 0 aromatic heterocycles. The van der Waals surface area contributed by atoms with E-state index < -0.39 is 11.5 Å². The van der Waals surface area contributed by atoms with Gasteiger partial charge in [-0.05, 0) is 18.4 Å². The highest BCUT2D eigenvalue weighted by Crippen LogP contribution is 2.31. The summed E-state index contributed by atoms with van der Waals surface area (Å²) in [6.07, 6.45) is 0.168. The topological polar surface area (TPSA) is 78.9 Å². The maximum atomic E-state index is 12.5. The number of hydrogen-bond donors (Lipinski definition) is 2.